The van der Waals surface area contributed by atoms with Gasteiger partial charge in [0.2, 0.25) is 0 Å². The lowest BCUT2D eigenvalue weighted by molar-refractivity contribution is 0.286. The number of benzene rings is 1. The smallest absolute Gasteiger partial charge is 0.142 e. The Morgan fingerprint density at radius 1 is 1.29 bits per heavy atom. The highest BCUT2D eigenvalue weighted by Gasteiger charge is 2.10. The Balaban J connectivity index is 2.81. The van der Waals surface area contributed by atoms with Crippen LogP contribution in [-0.4, -0.2) is 38.5 Å². The molecule has 1 aromatic rings. The van der Waals surface area contributed by atoms with Crippen LogP contribution in [0.2, 0.25) is 0 Å². The summed E-state index contributed by atoms with van der Waals surface area (Å²) < 4.78 is 5.51. The molecule has 0 amide bonds. The van der Waals surface area contributed by atoms with E-state index in [-0.39, 0.29) is 6.61 Å². The molecule has 0 saturated carbocycles. The monoisotopic (exact) mass is 290 g/mol. The van der Waals surface area contributed by atoms with Gasteiger partial charge in [-0.25, -0.2) is 0 Å². The third kappa shape index (κ3) is 5.61. The van der Waals surface area contributed by atoms with Gasteiger partial charge in [0.15, 0.2) is 0 Å². The summed E-state index contributed by atoms with van der Waals surface area (Å²) in [6, 6.07) is 6.19. The molecule has 0 aliphatic carbocycles. The molecule has 116 valence electrons. The highest BCUT2D eigenvalue weighted by molar-refractivity contribution is 5.60. The Kier molecular flexibility index (Phi) is 8.24. The molecule has 0 aliphatic heterocycles. The number of ether oxygens (including phenoxy) is 1. The van der Waals surface area contributed by atoms with Crippen molar-refractivity contribution in [2.24, 2.45) is 0 Å². The van der Waals surface area contributed by atoms with E-state index >= 15 is 0 Å². The maximum atomic E-state index is 8.76. The molecule has 0 saturated heterocycles. The fourth-order valence-electron chi connectivity index (χ4n) is 2.11. The first-order chi connectivity index (χ1) is 10.3. The van der Waals surface area contributed by atoms with Crippen molar-refractivity contribution in [1.29, 1.82) is 0 Å². The summed E-state index contributed by atoms with van der Waals surface area (Å²) in [6.45, 7) is 10.9. The van der Waals surface area contributed by atoms with Crippen LogP contribution in [0.1, 0.15) is 12.0 Å². The average Bonchev–Trinajstić information content (AvgIpc) is 2.51. The van der Waals surface area contributed by atoms with Gasteiger partial charge in [0.05, 0.1) is 12.8 Å². The lowest BCUT2D eigenvalue weighted by atomic mass is 10.1. The van der Waals surface area contributed by atoms with Crippen LogP contribution in [-0.2, 0) is 6.54 Å². The van der Waals surface area contributed by atoms with E-state index in [9.17, 15) is 0 Å². The van der Waals surface area contributed by atoms with Crippen LogP contribution in [0.4, 0.5) is 5.69 Å². The summed E-state index contributed by atoms with van der Waals surface area (Å²) in [5, 5.41) is 12.1. The lowest BCUT2D eigenvalue weighted by Gasteiger charge is -2.24. The molecular formula is C17H26N2O2. The van der Waals surface area contributed by atoms with Gasteiger partial charge < -0.3 is 20.1 Å². The minimum Gasteiger partial charge on any atom is -0.495 e. The predicted octanol–water partition coefficient (Wildman–Crippen LogP) is 2.35. The number of rotatable bonds is 11. The van der Waals surface area contributed by atoms with Gasteiger partial charge in [0.25, 0.3) is 0 Å². The second kappa shape index (κ2) is 10.0. The zero-order chi connectivity index (χ0) is 15.5. The predicted molar refractivity (Wildman–Crippen MR) is 89.0 cm³/mol. The number of aliphatic hydroxyl groups is 1. The second-order valence-corrected chi connectivity index (χ2v) is 4.74. The van der Waals surface area contributed by atoms with Gasteiger partial charge in [-0.15, -0.1) is 13.2 Å². The normalized spacial score (nSPS) is 10.2. The number of anilines is 1. The van der Waals surface area contributed by atoms with Crippen LogP contribution in [0.3, 0.4) is 0 Å². The van der Waals surface area contributed by atoms with Gasteiger partial charge >= 0.3 is 0 Å². The minimum absolute atomic E-state index is 0.216. The molecule has 0 radical (unpaired) electrons. The van der Waals surface area contributed by atoms with Crippen molar-refractivity contribution in [2.75, 3.05) is 38.3 Å². The first-order valence-corrected chi connectivity index (χ1v) is 7.22. The summed E-state index contributed by atoms with van der Waals surface area (Å²) in [4.78, 5) is 2.15. The van der Waals surface area contributed by atoms with Gasteiger partial charge in [0.1, 0.15) is 5.75 Å². The molecule has 1 aromatic carbocycles. The summed E-state index contributed by atoms with van der Waals surface area (Å²) >= 11 is 0. The summed E-state index contributed by atoms with van der Waals surface area (Å²) in [5.74, 6) is 0.847. The Bertz CT molecular complexity index is 436. The van der Waals surface area contributed by atoms with Crippen LogP contribution in [0, 0.1) is 0 Å². The second-order valence-electron chi connectivity index (χ2n) is 4.74. The highest BCUT2D eigenvalue weighted by Crippen LogP contribution is 2.29. The topological polar surface area (TPSA) is 44.7 Å². The number of hydrogen-bond donors (Lipinski definition) is 2. The fourth-order valence-corrected chi connectivity index (χ4v) is 2.11. The van der Waals surface area contributed by atoms with Crippen molar-refractivity contribution >= 4 is 5.69 Å². The summed E-state index contributed by atoms with van der Waals surface area (Å²) in [7, 11) is 1.68. The summed E-state index contributed by atoms with van der Waals surface area (Å²) in [5.41, 5.74) is 2.20. The van der Waals surface area contributed by atoms with Crippen LogP contribution >= 0.6 is 0 Å². The number of nitrogens with one attached hydrogen (secondary N) is 1. The Morgan fingerprint density at radius 3 is 2.57 bits per heavy atom. The molecule has 0 unspecified atom stereocenters. The zero-order valence-corrected chi connectivity index (χ0v) is 12.8. The maximum Gasteiger partial charge on any atom is 0.142 e. The molecule has 0 heterocycles. The number of aliphatic hydroxyl groups excluding tert-OH is 1. The van der Waals surface area contributed by atoms with E-state index in [1.807, 2.05) is 18.2 Å². The van der Waals surface area contributed by atoms with E-state index < -0.39 is 0 Å². The fraction of sp³-hybridized carbons (Fsp3) is 0.412. The van der Waals surface area contributed by atoms with Gasteiger partial charge in [-0.2, -0.15) is 0 Å². The van der Waals surface area contributed by atoms with Crippen LogP contribution < -0.4 is 15.0 Å². The summed E-state index contributed by atoms with van der Waals surface area (Å²) in [6.07, 6.45) is 4.50. The Hall–Kier alpha value is -1.78. The molecule has 0 aliphatic rings. The van der Waals surface area contributed by atoms with Crippen molar-refractivity contribution < 1.29 is 9.84 Å². The van der Waals surface area contributed by atoms with E-state index in [1.165, 1.54) is 0 Å². The molecule has 2 N–H and O–H groups in total. The van der Waals surface area contributed by atoms with Gasteiger partial charge in [-0.3, -0.25) is 0 Å². The number of nitrogens with zero attached hydrogens (tertiary/aromatic N) is 1. The molecule has 0 atom stereocenters. The van der Waals surface area contributed by atoms with E-state index in [4.69, 9.17) is 9.84 Å². The standard InChI is InChI=1S/C17H26N2O2/c1-4-10-19(11-5-2)16-8-7-15(13-17(16)21-3)14-18-9-6-12-20/h4-5,7-8,13,18,20H,1-2,6,9-12,14H2,3H3. The molecule has 0 aromatic heterocycles. The Morgan fingerprint density at radius 2 is 2.00 bits per heavy atom. The number of hydrogen-bond acceptors (Lipinski definition) is 4. The van der Waals surface area contributed by atoms with Crippen molar-refractivity contribution in [1.82, 2.24) is 5.32 Å². The van der Waals surface area contributed by atoms with Crippen molar-refractivity contribution in [3.8, 4) is 5.75 Å². The van der Waals surface area contributed by atoms with Crippen LogP contribution in [0.15, 0.2) is 43.5 Å². The van der Waals surface area contributed by atoms with Gasteiger partial charge in [0, 0.05) is 26.2 Å². The van der Waals surface area contributed by atoms with Crippen molar-refractivity contribution in [2.45, 2.75) is 13.0 Å². The van der Waals surface area contributed by atoms with Gasteiger partial charge in [-0.05, 0) is 30.7 Å². The van der Waals surface area contributed by atoms with E-state index in [0.717, 1.165) is 49.6 Å². The molecule has 4 heteroatoms. The van der Waals surface area contributed by atoms with E-state index in [2.05, 4.69) is 35.5 Å². The molecule has 0 spiro atoms. The first kappa shape index (κ1) is 17.3. The van der Waals surface area contributed by atoms with Crippen LogP contribution in [0.25, 0.3) is 0 Å². The highest BCUT2D eigenvalue weighted by atomic mass is 16.5. The quantitative estimate of drug-likeness (QED) is 0.485. The third-order valence-corrected chi connectivity index (χ3v) is 3.12. The van der Waals surface area contributed by atoms with Gasteiger partial charge in [-0.1, -0.05) is 18.2 Å². The van der Waals surface area contributed by atoms with Crippen molar-refractivity contribution in [3.05, 3.63) is 49.1 Å². The first-order valence-electron chi connectivity index (χ1n) is 7.22. The zero-order valence-electron chi connectivity index (χ0n) is 12.8. The van der Waals surface area contributed by atoms with Crippen molar-refractivity contribution in [3.63, 3.8) is 0 Å². The largest absolute Gasteiger partial charge is 0.495 e. The molecule has 1 rings (SSSR count). The third-order valence-electron chi connectivity index (χ3n) is 3.12. The molecule has 0 fully saturated rings. The number of methoxy groups -OCH3 is 1. The van der Waals surface area contributed by atoms with Crippen LogP contribution in [0.5, 0.6) is 5.75 Å². The molecule has 4 nitrogen and oxygen atoms in total. The van der Waals surface area contributed by atoms with E-state index in [0.29, 0.717) is 0 Å². The SMILES string of the molecule is C=CCN(CC=C)c1ccc(CNCCCO)cc1OC. The average molecular weight is 290 g/mol. The molecule has 0 bridgehead atoms. The molecular weight excluding hydrogens is 264 g/mol. The molecule has 21 heavy (non-hydrogen) atoms. The minimum atomic E-state index is 0.216. The maximum absolute atomic E-state index is 8.76. The Labute approximate surface area is 127 Å². The lowest BCUT2D eigenvalue weighted by Crippen LogP contribution is -2.23. The van der Waals surface area contributed by atoms with E-state index in [1.54, 1.807) is 7.11 Å².